The second kappa shape index (κ2) is 16.2. The quantitative estimate of drug-likeness (QED) is 0.326. The average Bonchev–Trinajstić information content (AvgIpc) is 2.86. The van der Waals surface area contributed by atoms with Crippen LogP contribution in [-0.4, -0.2) is 67.6 Å². The molecule has 0 aromatic carbocycles. The maximum absolute atomic E-state index is 11.9. The second-order valence-corrected chi connectivity index (χ2v) is 14.0. The van der Waals surface area contributed by atoms with Crippen molar-refractivity contribution in [2.45, 2.75) is 142 Å². The van der Waals surface area contributed by atoms with E-state index in [9.17, 15) is 9.59 Å². The molecule has 0 bridgehead atoms. The summed E-state index contributed by atoms with van der Waals surface area (Å²) < 4.78 is 22.4. The Morgan fingerprint density at radius 3 is 1.69 bits per heavy atom. The van der Waals surface area contributed by atoms with Crippen LogP contribution < -0.4 is 20.1 Å². The van der Waals surface area contributed by atoms with E-state index in [1.807, 2.05) is 61.5 Å². The van der Waals surface area contributed by atoms with Crippen LogP contribution in [0.5, 0.6) is 11.8 Å². The molecule has 250 valence electrons. The Hall–Kier alpha value is -3.41. The van der Waals surface area contributed by atoms with Crippen molar-refractivity contribution < 1.29 is 28.5 Å². The van der Waals surface area contributed by atoms with E-state index in [0.717, 1.165) is 62.8 Å². The molecule has 2 saturated carbocycles. The van der Waals surface area contributed by atoms with E-state index in [4.69, 9.17) is 30.5 Å². The lowest BCUT2D eigenvalue weighted by molar-refractivity contribution is 0.0448. The molecular formula is C32H49ClN6O6. The Bertz CT molecular complexity index is 1250. The van der Waals surface area contributed by atoms with E-state index in [-0.39, 0.29) is 41.8 Å². The van der Waals surface area contributed by atoms with Crippen LogP contribution in [-0.2, 0) is 9.47 Å². The highest BCUT2D eigenvalue weighted by atomic mass is 35.5. The number of hydrogen-bond acceptors (Lipinski definition) is 10. The predicted molar refractivity (Wildman–Crippen MR) is 171 cm³/mol. The van der Waals surface area contributed by atoms with Gasteiger partial charge in [0, 0.05) is 48.4 Å². The molecule has 2 N–H and O–H groups in total. The summed E-state index contributed by atoms with van der Waals surface area (Å²) in [5.74, 6) is 1.07. The number of aryl methyl sites for hydroxylation is 2. The van der Waals surface area contributed by atoms with Gasteiger partial charge in [-0.2, -0.15) is 4.98 Å². The number of amides is 2. The molecule has 2 aromatic heterocycles. The topological polar surface area (TPSA) is 147 Å². The zero-order valence-corrected chi connectivity index (χ0v) is 28.6. The largest absolute Gasteiger partial charge is 0.474 e. The first-order chi connectivity index (χ1) is 21.0. The number of nitrogens with one attached hydrogen (secondary N) is 2. The number of halogens is 1. The first-order valence-corrected chi connectivity index (χ1v) is 16.0. The average molecular weight is 649 g/mol. The summed E-state index contributed by atoms with van der Waals surface area (Å²) in [6.07, 6.45) is 8.04. The fourth-order valence-electron chi connectivity index (χ4n) is 5.12. The fraction of sp³-hybridized carbons (Fsp3) is 0.688. The summed E-state index contributed by atoms with van der Waals surface area (Å²) in [5, 5.41) is 6.02. The summed E-state index contributed by atoms with van der Waals surface area (Å²) >= 11 is 5.85. The van der Waals surface area contributed by atoms with Crippen molar-refractivity contribution >= 4 is 23.8 Å². The van der Waals surface area contributed by atoms with Crippen LogP contribution >= 0.6 is 11.6 Å². The van der Waals surface area contributed by atoms with Gasteiger partial charge in [-0.15, -0.1) is 0 Å². The molecule has 2 aliphatic carbocycles. The monoisotopic (exact) mass is 648 g/mol. The third-order valence-electron chi connectivity index (χ3n) is 6.85. The summed E-state index contributed by atoms with van der Waals surface area (Å²) in [6, 6.07) is 3.71. The van der Waals surface area contributed by atoms with Crippen molar-refractivity contribution in [3.63, 3.8) is 0 Å². The van der Waals surface area contributed by atoms with Gasteiger partial charge < -0.3 is 29.6 Å². The van der Waals surface area contributed by atoms with Gasteiger partial charge in [-0.05, 0) is 106 Å². The van der Waals surface area contributed by atoms with E-state index >= 15 is 0 Å². The fourth-order valence-corrected chi connectivity index (χ4v) is 5.33. The molecule has 12 nitrogen and oxygen atoms in total. The van der Waals surface area contributed by atoms with Crippen LogP contribution in [0.15, 0.2) is 18.5 Å². The molecule has 0 aliphatic heterocycles. The Balaban J connectivity index is 0.000000246. The second-order valence-electron chi connectivity index (χ2n) is 13.6. The van der Waals surface area contributed by atoms with Crippen LogP contribution in [0.3, 0.4) is 0 Å². The lowest BCUT2D eigenvalue weighted by Gasteiger charge is -2.30. The van der Waals surface area contributed by atoms with Gasteiger partial charge >= 0.3 is 12.2 Å². The molecule has 4 atom stereocenters. The van der Waals surface area contributed by atoms with Crippen molar-refractivity contribution in [3.05, 3.63) is 35.1 Å². The molecular weight excluding hydrogens is 600 g/mol. The van der Waals surface area contributed by atoms with Gasteiger partial charge in [0.05, 0.1) is 0 Å². The normalized spacial score (nSPS) is 21.8. The molecule has 0 saturated heterocycles. The smallest absolute Gasteiger partial charge is 0.407 e. The van der Waals surface area contributed by atoms with E-state index in [0.29, 0.717) is 11.8 Å². The third kappa shape index (κ3) is 14.5. The Kier molecular flexibility index (Phi) is 13.0. The number of ether oxygens (including phenoxy) is 4. The van der Waals surface area contributed by atoms with E-state index in [2.05, 4.69) is 30.6 Å². The first kappa shape index (κ1) is 36.1. The van der Waals surface area contributed by atoms with Crippen LogP contribution in [0.4, 0.5) is 9.59 Å². The van der Waals surface area contributed by atoms with Gasteiger partial charge in [0.1, 0.15) is 29.7 Å². The van der Waals surface area contributed by atoms with Gasteiger partial charge in [-0.25, -0.2) is 24.5 Å². The van der Waals surface area contributed by atoms with Crippen LogP contribution in [0.2, 0.25) is 5.28 Å². The molecule has 45 heavy (non-hydrogen) atoms. The number of carbonyl (C=O) groups excluding carboxylic acids is 2. The Labute approximate surface area is 271 Å². The molecule has 2 heterocycles. The minimum Gasteiger partial charge on any atom is -0.474 e. The molecule has 4 rings (SSSR count). The van der Waals surface area contributed by atoms with Crippen molar-refractivity contribution in [1.29, 1.82) is 0 Å². The van der Waals surface area contributed by atoms with Crippen molar-refractivity contribution in [2.75, 3.05) is 0 Å². The number of carbonyl (C=O) groups is 2. The van der Waals surface area contributed by atoms with Crippen LogP contribution in [0.1, 0.15) is 104 Å². The van der Waals surface area contributed by atoms with Crippen LogP contribution in [0, 0.1) is 13.8 Å². The molecule has 2 aromatic rings. The predicted octanol–water partition coefficient (Wildman–Crippen LogP) is 6.65. The van der Waals surface area contributed by atoms with E-state index in [1.165, 1.54) is 6.33 Å². The Morgan fingerprint density at radius 2 is 1.22 bits per heavy atom. The number of hydrogen-bond donors (Lipinski definition) is 2. The van der Waals surface area contributed by atoms with Crippen molar-refractivity contribution in [3.8, 4) is 11.8 Å². The summed E-state index contributed by atoms with van der Waals surface area (Å²) in [5.41, 5.74) is 0.667. The van der Waals surface area contributed by atoms with Gasteiger partial charge in [-0.1, -0.05) is 0 Å². The highest BCUT2D eigenvalue weighted by Gasteiger charge is 2.28. The zero-order valence-electron chi connectivity index (χ0n) is 27.8. The number of rotatable bonds is 6. The zero-order chi connectivity index (χ0) is 33.2. The first-order valence-electron chi connectivity index (χ1n) is 15.6. The summed E-state index contributed by atoms with van der Waals surface area (Å²) in [4.78, 5) is 40.0. The molecule has 13 heteroatoms. The van der Waals surface area contributed by atoms with Crippen molar-refractivity contribution in [2.24, 2.45) is 0 Å². The lowest BCUT2D eigenvalue weighted by Crippen LogP contribution is -2.43. The SMILES string of the molecule is Cc1cc(OC2CCCC(NC(=O)OC(C)(C)C)C2)nc(Cl)n1.Cc1cc(OC2CCCC(NC(=O)OC(C)(C)C)C2)ncn1. The minimum atomic E-state index is -0.496. The molecule has 2 fully saturated rings. The molecule has 4 unspecified atom stereocenters. The highest BCUT2D eigenvalue weighted by molar-refractivity contribution is 6.28. The highest BCUT2D eigenvalue weighted by Crippen LogP contribution is 2.25. The molecule has 2 aliphatic rings. The Morgan fingerprint density at radius 1 is 0.733 bits per heavy atom. The number of aromatic nitrogens is 4. The maximum atomic E-state index is 11.9. The van der Waals surface area contributed by atoms with Gasteiger partial charge in [-0.3, -0.25) is 0 Å². The van der Waals surface area contributed by atoms with Gasteiger partial charge in [0.25, 0.3) is 0 Å². The van der Waals surface area contributed by atoms with Crippen LogP contribution in [0.25, 0.3) is 0 Å². The van der Waals surface area contributed by atoms with Gasteiger partial charge in [0.15, 0.2) is 0 Å². The van der Waals surface area contributed by atoms with Gasteiger partial charge in [0.2, 0.25) is 17.0 Å². The lowest BCUT2D eigenvalue weighted by atomic mass is 9.93. The number of alkyl carbamates (subject to hydrolysis) is 2. The number of nitrogens with zero attached hydrogens (tertiary/aromatic N) is 4. The van der Waals surface area contributed by atoms with E-state index < -0.39 is 11.2 Å². The third-order valence-corrected chi connectivity index (χ3v) is 7.02. The molecule has 0 spiro atoms. The maximum Gasteiger partial charge on any atom is 0.407 e. The summed E-state index contributed by atoms with van der Waals surface area (Å²) in [7, 11) is 0. The summed E-state index contributed by atoms with van der Waals surface area (Å²) in [6.45, 7) is 14.9. The van der Waals surface area contributed by atoms with E-state index in [1.54, 1.807) is 6.07 Å². The molecule has 2 amide bonds. The minimum absolute atomic E-state index is 0.00551. The van der Waals surface area contributed by atoms with Crippen molar-refractivity contribution in [1.82, 2.24) is 30.6 Å². The standard InChI is InChI=1S/C16H24ClN3O3.C16H25N3O3/c1-10-8-13(20-14(17)18-10)22-12-7-5-6-11(9-12)19-15(21)23-16(2,3)4;1-11-8-14(18-10-17-11)21-13-7-5-6-12(9-13)19-15(20)22-16(2,3)4/h8,11-12H,5-7,9H2,1-4H3,(H,19,21);8,10,12-13H,5-7,9H2,1-4H3,(H,19,20). The molecule has 0 radical (unpaired) electrons.